The Hall–Kier alpha value is -2.96. The lowest BCUT2D eigenvalue weighted by atomic mass is 9.86. The third kappa shape index (κ3) is 4.13. The topological polar surface area (TPSA) is 49.8 Å². The van der Waals surface area contributed by atoms with Gasteiger partial charge in [-0.1, -0.05) is 41.9 Å². The molecule has 0 radical (unpaired) electrons. The van der Waals surface area contributed by atoms with Crippen molar-refractivity contribution in [2.75, 3.05) is 18.1 Å². The highest BCUT2D eigenvalue weighted by molar-refractivity contribution is 6.33. The number of aliphatic hydroxyl groups is 1. The van der Waals surface area contributed by atoms with Crippen LogP contribution in [0.4, 0.5) is 19.3 Å². The standard InChI is InChI=1S/C24H20ClF2NO3/c25-21-14-17(26)6-8-19(21)20-15-18(7-9-22(20)27)28-12-10-24(11-13-29,31-23(28)30)16-4-2-1-3-5-16/h1-9,14-15,29H,10-13H2. The summed E-state index contributed by atoms with van der Waals surface area (Å²) < 4.78 is 33.8. The number of rotatable bonds is 5. The number of cyclic esters (lactones) is 1. The minimum atomic E-state index is -0.924. The van der Waals surface area contributed by atoms with Crippen molar-refractivity contribution in [2.24, 2.45) is 0 Å². The van der Waals surface area contributed by atoms with E-state index in [0.717, 1.165) is 11.6 Å². The highest BCUT2D eigenvalue weighted by Crippen LogP contribution is 2.40. The van der Waals surface area contributed by atoms with Crippen molar-refractivity contribution < 1.29 is 23.4 Å². The highest BCUT2D eigenvalue weighted by Gasteiger charge is 2.42. The van der Waals surface area contributed by atoms with Crippen LogP contribution >= 0.6 is 11.6 Å². The van der Waals surface area contributed by atoms with Gasteiger partial charge < -0.3 is 9.84 Å². The molecular weight excluding hydrogens is 424 g/mol. The first-order valence-corrected chi connectivity index (χ1v) is 10.2. The van der Waals surface area contributed by atoms with Gasteiger partial charge in [0.25, 0.3) is 0 Å². The summed E-state index contributed by atoms with van der Waals surface area (Å²) in [5.41, 5.74) is 0.812. The van der Waals surface area contributed by atoms with E-state index in [0.29, 0.717) is 24.2 Å². The lowest BCUT2D eigenvalue weighted by Crippen LogP contribution is -2.48. The van der Waals surface area contributed by atoms with Crippen LogP contribution in [0.15, 0.2) is 66.7 Å². The van der Waals surface area contributed by atoms with E-state index in [-0.39, 0.29) is 23.6 Å². The summed E-state index contributed by atoms with van der Waals surface area (Å²) in [4.78, 5) is 14.4. The second-order valence-corrected chi connectivity index (χ2v) is 7.80. The molecule has 4 nitrogen and oxygen atoms in total. The van der Waals surface area contributed by atoms with Crippen molar-refractivity contribution >= 4 is 23.4 Å². The van der Waals surface area contributed by atoms with Gasteiger partial charge in [-0.2, -0.15) is 0 Å². The molecule has 160 valence electrons. The number of anilines is 1. The number of benzene rings is 3. The molecule has 1 saturated heterocycles. The van der Waals surface area contributed by atoms with Gasteiger partial charge in [0, 0.05) is 42.8 Å². The number of halogens is 3. The molecule has 0 saturated carbocycles. The summed E-state index contributed by atoms with van der Waals surface area (Å²) in [7, 11) is 0. The minimum Gasteiger partial charge on any atom is -0.437 e. The molecule has 31 heavy (non-hydrogen) atoms. The summed E-state index contributed by atoms with van der Waals surface area (Å²) in [6.45, 7) is 0.182. The van der Waals surface area contributed by atoms with E-state index in [1.165, 1.54) is 35.2 Å². The fourth-order valence-corrected chi connectivity index (χ4v) is 4.20. The predicted molar refractivity (Wildman–Crippen MR) is 115 cm³/mol. The van der Waals surface area contributed by atoms with Crippen LogP contribution in [-0.4, -0.2) is 24.4 Å². The van der Waals surface area contributed by atoms with Gasteiger partial charge in [-0.3, -0.25) is 4.90 Å². The molecule has 1 aliphatic rings. The van der Waals surface area contributed by atoms with Gasteiger partial charge in [0.15, 0.2) is 0 Å². The SMILES string of the molecule is O=C1OC(CCO)(c2ccccc2)CCN1c1ccc(F)c(-c2ccc(F)cc2Cl)c1. The molecule has 1 fully saturated rings. The highest BCUT2D eigenvalue weighted by atomic mass is 35.5. The zero-order valence-electron chi connectivity index (χ0n) is 16.5. The summed E-state index contributed by atoms with van der Waals surface area (Å²) in [6.07, 6.45) is 0.135. The van der Waals surface area contributed by atoms with Crippen LogP contribution in [0.1, 0.15) is 18.4 Å². The van der Waals surface area contributed by atoms with Gasteiger partial charge in [-0.05, 0) is 42.0 Å². The van der Waals surface area contributed by atoms with Gasteiger partial charge in [-0.15, -0.1) is 0 Å². The van der Waals surface area contributed by atoms with E-state index in [1.54, 1.807) is 0 Å². The number of nitrogens with zero attached hydrogens (tertiary/aromatic N) is 1. The second-order valence-electron chi connectivity index (χ2n) is 7.39. The molecule has 1 atom stereocenters. The van der Waals surface area contributed by atoms with Crippen molar-refractivity contribution in [2.45, 2.75) is 18.4 Å². The zero-order valence-corrected chi connectivity index (χ0v) is 17.3. The van der Waals surface area contributed by atoms with E-state index < -0.39 is 23.3 Å². The Morgan fingerprint density at radius 1 is 1.03 bits per heavy atom. The number of hydrogen-bond donors (Lipinski definition) is 1. The van der Waals surface area contributed by atoms with Crippen LogP contribution < -0.4 is 4.90 Å². The van der Waals surface area contributed by atoms with Gasteiger partial charge in [0.1, 0.15) is 17.2 Å². The lowest BCUT2D eigenvalue weighted by Gasteiger charge is -2.41. The first-order chi connectivity index (χ1) is 14.9. The van der Waals surface area contributed by atoms with Crippen molar-refractivity contribution in [3.05, 3.63) is 89.0 Å². The number of hydrogen-bond acceptors (Lipinski definition) is 3. The Labute approximate surface area is 183 Å². The molecule has 1 heterocycles. The predicted octanol–water partition coefficient (Wildman–Crippen LogP) is 5.91. The number of amides is 1. The smallest absolute Gasteiger partial charge is 0.415 e. The first kappa shape index (κ1) is 21.3. The molecule has 1 unspecified atom stereocenters. The summed E-state index contributed by atoms with van der Waals surface area (Å²) in [5.74, 6) is -1.06. The molecule has 1 aliphatic heterocycles. The van der Waals surface area contributed by atoms with Crippen LogP contribution in [0.2, 0.25) is 5.02 Å². The van der Waals surface area contributed by atoms with Gasteiger partial charge in [-0.25, -0.2) is 13.6 Å². The first-order valence-electron chi connectivity index (χ1n) is 9.85. The van der Waals surface area contributed by atoms with Crippen molar-refractivity contribution in [3.63, 3.8) is 0 Å². The maximum absolute atomic E-state index is 14.5. The molecule has 0 bridgehead atoms. The van der Waals surface area contributed by atoms with Crippen LogP contribution in [0.25, 0.3) is 11.1 Å². The second kappa shape index (κ2) is 8.65. The van der Waals surface area contributed by atoms with E-state index in [4.69, 9.17) is 16.3 Å². The van der Waals surface area contributed by atoms with Gasteiger partial charge >= 0.3 is 6.09 Å². The van der Waals surface area contributed by atoms with Crippen molar-refractivity contribution in [1.29, 1.82) is 0 Å². The van der Waals surface area contributed by atoms with Crippen molar-refractivity contribution in [3.8, 4) is 11.1 Å². The van der Waals surface area contributed by atoms with E-state index >= 15 is 0 Å². The van der Waals surface area contributed by atoms with Crippen LogP contribution in [0.3, 0.4) is 0 Å². The van der Waals surface area contributed by atoms with Crippen LogP contribution in [-0.2, 0) is 10.3 Å². The fourth-order valence-electron chi connectivity index (χ4n) is 3.93. The largest absolute Gasteiger partial charge is 0.437 e. The summed E-state index contributed by atoms with van der Waals surface area (Å²) in [5, 5.41) is 9.64. The fraction of sp³-hybridized carbons (Fsp3) is 0.208. The Bertz CT molecular complexity index is 1110. The van der Waals surface area contributed by atoms with Gasteiger partial charge in [0.05, 0.1) is 5.02 Å². The molecule has 0 aromatic heterocycles. The maximum atomic E-state index is 14.5. The average molecular weight is 444 g/mol. The molecule has 7 heteroatoms. The Morgan fingerprint density at radius 2 is 1.81 bits per heavy atom. The Balaban J connectivity index is 1.65. The van der Waals surface area contributed by atoms with E-state index in [2.05, 4.69) is 0 Å². The molecule has 0 aliphatic carbocycles. The molecule has 0 spiro atoms. The Kier molecular flexibility index (Phi) is 5.94. The maximum Gasteiger partial charge on any atom is 0.415 e. The molecule has 3 aromatic rings. The monoisotopic (exact) mass is 443 g/mol. The van der Waals surface area contributed by atoms with Crippen LogP contribution in [0, 0.1) is 11.6 Å². The summed E-state index contributed by atoms with van der Waals surface area (Å²) in [6, 6.07) is 17.2. The summed E-state index contributed by atoms with van der Waals surface area (Å²) >= 11 is 6.11. The lowest BCUT2D eigenvalue weighted by molar-refractivity contribution is -0.0257. The molecule has 1 N–H and O–H groups in total. The van der Waals surface area contributed by atoms with Gasteiger partial charge in [0.2, 0.25) is 0 Å². The Morgan fingerprint density at radius 3 is 2.48 bits per heavy atom. The van der Waals surface area contributed by atoms with E-state index in [1.807, 2.05) is 30.3 Å². The van der Waals surface area contributed by atoms with Crippen LogP contribution in [0.5, 0.6) is 0 Å². The molecule has 4 rings (SSSR count). The molecule has 1 amide bonds. The third-order valence-electron chi connectivity index (χ3n) is 5.54. The zero-order chi connectivity index (χ0) is 22.0. The number of carbonyl (C=O) groups is 1. The number of carbonyl (C=O) groups excluding carboxylic acids is 1. The molecule has 3 aromatic carbocycles. The minimum absolute atomic E-state index is 0.0725. The molecular formula is C24H20ClF2NO3. The normalized spacial score (nSPS) is 18.7. The number of ether oxygens (including phenoxy) is 1. The van der Waals surface area contributed by atoms with E-state index in [9.17, 15) is 18.7 Å². The quantitative estimate of drug-likeness (QED) is 0.533. The number of aliphatic hydroxyl groups excluding tert-OH is 1. The van der Waals surface area contributed by atoms with Crippen molar-refractivity contribution in [1.82, 2.24) is 0 Å². The average Bonchev–Trinajstić information content (AvgIpc) is 2.76. The third-order valence-corrected chi connectivity index (χ3v) is 5.85.